The molecule has 6 heteroatoms. The number of quaternary nitrogens is 1. The van der Waals surface area contributed by atoms with Crippen molar-refractivity contribution < 1.29 is 14.8 Å². The Bertz CT molecular complexity index is 584. The minimum Gasteiger partial charge on any atom is -0.508 e. The number of aromatic hydroxyl groups is 1. The first-order valence-electron chi connectivity index (χ1n) is 7.89. The van der Waals surface area contributed by atoms with Gasteiger partial charge in [0.25, 0.3) is 5.91 Å². The van der Waals surface area contributed by atoms with Crippen LogP contribution >= 0.6 is 0 Å². The van der Waals surface area contributed by atoms with Gasteiger partial charge in [-0.05, 0) is 38.1 Å². The summed E-state index contributed by atoms with van der Waals surface area (Å²) in [6, 6.07) is 9.37. The molecule has 0 atom stereocenters. The van der Waals surface area contributed by atoms with E-state index in [1.54, 1.807) is 33.0 Å². The van der Waals surface area contributed by atoms with Crippen molar-refractivity contribution in [2.24, 2.45) is 0 Å². The van der Waals surface area contributed by atoms with Gasteiger partial charge in [-0.15, -0.1) is 0 Å². The molecule has 0 saturated carbocycles. The van der Waals surface area contributed by atoms with Crippen LogP contribution in [-0.4, -0.2) is 61.2 Å². The summed E-state index contributed by atoms with van der Waals surface area (Å²) in [5.74, 6) is 0.274. The minimum atomic E-state index is -0.773. The van der Waals surface area contributed by atoms with Gasteiger partial charge in [-0.1, -0.05) is 0 Å². The standard InChI is InChI=1S/C17H24N4O2/c1-17(2,13-18)19(3)16(23)12-20-8-10-21(11-9-20)14-4-6-15(22)7-5-14/h4-7,22H,8-12H2,1-3H3/p+1. The van der Waals surface area contributed by atoms with Gasteiger partial charge in [0.15, 0.2) is 6.54 Å². The van der Waals surface area contributed by atoms with Crippen LogP contribution in [0.4, 0.5) is 5.69 Å². The number of carbonyl (C=O) groups excluding carboxylic acids is 1. The highest BCUT2D eigenvalue weighted by atomic mass is 16.3. The summed E-state index contributed by atoms with van der Waals surface area (Å²) < 4.78 is 0. The number of piperazine rings is 1. The maximum atomic E-state index is 12.3. The minimum absolute atomic E-state index is 0.00429. The normalized spacial score (nSPS) is 16.0. The predicted octanol–water partition coefficient (Wildman–Crippen LogP) is -0.142. The zero-order valence-electron chi connectivity index (χ0n) is 14.0. The molecule has 124 valence electrons. The SMILES string of the molecule is CN(C(=O)C[NH+]1CCN(c2ccc(O)cc2)CC1)C(C)(C)C#N. The van der Waals surface area contributed by atoms with Crippen molar-refractivity contribution in [2.75, 3.05) is 44.7 Å². The summed E-state index contributed by atoms with van der Waals surface area (Å²) in [6.07, 6.45) is 0. The first-order chi connectivity index (χ1) is 10.8. The Morgan fingerprint density at radius 3 is 2.43 bits per heavy atom. The van der Waals surface area contributed by atoms with Crippen molar-refractivity contribution in [3.05, 3.63) is 24.3 Å². The molecule has 0 radical (unpaired) electrons. The number of phenolic OH excluding ortho intramolecular Hbond substituents is 1. The first-order valence-corrected chi connectivity index (χ1v) is 7.89. The van der Waals surface area contributed by atoms with E-state index in [9.17, 15) is 9.90 Å². The molecule has 2 N–H and O–H groups in total. The number of anilines is 1. The highest BCUT2D eigenvalue weighted by Crippen LogP contribution is 2.18. The van der Waals surface area contributed by atoms with Crippen LogP contribution in [0.25, 0.3) is 0 Å². The molecule has 1 heterocycles. The quantitative estimate of drug-likeness (QED) is 0.811. The number of nitrogens with zero attached hydrogens (tertiary/aromatic N) is 3. The van der Waals surface area contributed by atoms with E-state index < -0.39 is 5.54 Å². The van der Waals surface area contributed by atoms with Crippen molar-refractivity contribution >= 4 is 11.6 Å². The number of benzene rings is 1. The number of nitrogens with one attached hydrogen (secondary N) is 1. The van der Waals surface area contributed by atoms with Crippen LogP contribution in [0.15, 0.2) is 24.3 Å². The fourth-order valence-corrected chi connectivity index (χ4v) is 2.64. The molecular weight excluding hydrogens is 292 g/mol. The second kappa shape index (κ2) is 6.88. The van der Waals surface area contributed by atoms with Gasteiger partial charge in [0.1, 0.15) is 11.3 Å². The molecule has 1 saturated heterocycles. The number of hydrogen-bond acceptors (Lipinski definition) is 4. The second-order valence-corrected chi connectivity index (χ2v) is 6.55. The molecule has 1 aromatic rings. The molecular formula is C17H25N4O2+. The van der Waals surface area contributed by atoms with Gasteiger partial charge in [0.2, 0.25) is 0 Å². The molecule has 0 spiro atoms. The van der Waals surface area contributed by atoms with E-state index in [2.05, 4.69) is 11.0 Å². The molecule has 0 bridgehead atoms. The average Bonchev–Trinajstić information content (AvgIpc) is 2.55. The van der Waals surface area contributed by atoms with Crippen molar-refractivity contribution in [3.63, 3.8) is 0 Å². The van der Waals surface area contributed by atoms with Crippen LogP contribution < -0.4 is 9.80 Å². The molecule has 1 fully saturated rings. The van der Waals surface area contributed by atoms with E-state index in [1.165, 1.54) is 9.80 Å². The third-order valence-corrected chi connectivity index (χ3v) is 4.57. The number of nitriles is 1. The highest BCUT2D eigenvalue weighted by Gasteiger charge is 2.30. The van der Waals surface area contributed by atoms with Gasteiger partial charge in [0.05, 0.1) is 32.2 Å². The summed E-state index contributed by atoms with van der Waals surface area (Å²) in [7, 11) is 1.69. The fraction of sp³-hybridized carbons (Fsp3) is 0.529. The number of likely N-dealkylation sites (N-methyl/N-ethyl adjacent to an activating group) is 1. The second-order valence-electron chi connectivity index (χ2n) is 6.55. The first kappa shape index (κ1) is 17.1. The van der Waals surface area contributed by atoms with Crippen LogP contribution in [0, 0.1) is 11.3 Å². The number of rotatable bonds is 4. The fourth-order valence-electron chi connectivity index (χ4n) is 2.64. The van der Waals surface area contributed by atoms with Gasteiger partial charge in [-0.2, -0.15) is 5.26 Å². The Labute approximate surface area is 137 Å². The van der Waals surface area contributed by atoms with E-state index in [1.807, 2.05) is 12.1 Å². The lowest BCUT2D eigenvalue weighted by molar-refractivity contribution is -0.892. The Hall–Kier alpha value is -2.26. The molecule has 0 aromatic heterocycles. The lowest BCUT2D eigenvalue weighted by Crippen LogP contribution is -3.16. The Kier molecular flexibility index (Phi) is 5.12. The maximum absolute atomic E-state index is 12.3. The summed E-state index contributed by atoms with van der Waals surface area (Å²) in [4.78, 5) is 17.4. The zero-order valence-corrected chi connectivity index (χ0v) is 14.0. The smallest absolute Gasteiger partial charge is 0.278 e. The Balaban J connectivity index is 1.86. The summed E-state index contributed by atoms with van der Waals surface area (Å²) in [5.41, 5.74) is 0.320. The molecule has 1 aliphatic heterocycles. The third kappa shape index (κ3) is 4.14. The van der Waals surface area contributed by atoms with Crippen LogP contribution in [0.3, 0.4) is 0 Å². The largest absolute Gasteiger partial charge is 0.508 e. The Morgan fingerprint density at radius 2 is 1.91 bits per heavy atom. The molecule has 0 unspecified atom stereocenters. The van der Waals surface area contributed by atoms with Gasteiger partial charge in [0, 0.05) is 12.7 Å². The molecule has 1 amide bonds. The van der Waals surface area contributed by atoms with Crippen LogP contribution in [-0.2, 0) is 4.79 Å². The molecule has 2 rings (SSSR count). The number of phenols is 1. The summed E-state index contributed by atoms with van der Waals surface area (Å²) in [6.45, 7) is 7.44. The van der Waals surface area contributed by atoms with Crippen molar-refractivity contribution in [3.8, 4) is 11.8 Å². The molecule has 1 aromatic carbocycles. The van der Waals surface area contributed by atoms with Crippen molar-refractivity contribution in [2.45, 2.75) is 19.4 Å². The van der Waals surface area contributed by atoms with Crippen LogP contribution in [0.2, 0.25) is 0 Å². The summed E-state index contributed by atoms with van der Waals surface area (Å²) in [5, 5.41) is 18.5. The summed E-state index contributed by atoms with van der Waals surface area (Å²) >= 11 is 0. The van der Waals surface area contributed by atoms with E-state index in [0.29, 0.717) is 6.54 Å². The van der Waals surface area contributed by atoms with E-state index in [4.69, 9.17) is 5.26 Å². The van der Waals surface area contributed by atoms with Gasteiger partial charge in [-0.25, -0.2) is 0 Å². The average molecular weight is 317 g/mol. The van der Waals surface area contributed by atoms with Crippen molar-refractivity contribution in [1.29, 1.82) is 5.26 Å². The topological polar surface area (TPSA) is 72.0 Å². The number of amides is 1. The molecule has 23 heavy (non-hydrogen) atoms. The van der Waals surface area contributed by atoms with Crippen molar-refractivity contribution in [1.82, 2.24) is 4.90 Å². The lowest BCUT2D eigenvalue weighted by atomic mass is 10.1. The number of hydrogen-bond donors (Lipinski definition) is 2. The van der Waals surface area contributed by atoms with Gasteiger partial charge < -0.3 is 19.8 Å². The highest BCUT2D eigenvalue weighted by molar-refractivity contribution is 5.78. The lowest BCUT2D eigenvalue weighted by Gasteiger charge is -2.35. The van der Waals surface area contributed by atoms with E-state index in [0.717, 1.165) is 31.9 Å². The van der Waals surface area contributed by atoms with Gasteiger partial charge in [-0.3, -0.25) is 4.79 Å². The Morgan fingerprint density at radius 1 is 1.35 bits per heavy atom. The predicted molar refractivity (Wildman–Crippen MR) is 88.3 cm³/mol. The molecule has 1 aliphatic rings. The zero-order chi connectivity index (χ0) is 17.0. The van der Waals surface area contributed by atoms with E-state index >= 15 is 0 Å². The molecule has 0 aliphatic carbocycles. The van der Waals surface area contributed by atoms with Crippen LogP contribution in [0.5, 0.6) is 5.75 Å². The third-order valence-electron chi connectivity index (χ3n) is 4.57. The van der Waals surface area contributed by atoms with Gasteiger partial charge >= 0.3 is 0 Å². The maximum Gasteiger partial charge on any atom is 0.278 e. The number of carbonyl (C=O) groups is 1. The van der Waals surface area contributed by atoms with Crippen LogP contribution in [0.1, 0.15) is 13.8 Å². The monoisotopic (exact) mass is 317 g/mol. The molecule has 6 nitrogen and oxygen atoms in total. The van der Waals surface area contributed by atoms with E-state index in [-0.39, 0.29) is 11.7 Å².